The standard InChI is InChI=1S/C38H45IN2O6/c1-6-46-32-17-24(16-27(39)36(32)47-22-23-12-14-26(15-13-23)41(44)45)33-34-28(18-37(2,3)20-30(34)42)40(25-10-8-7-9-11-25)29-19-38(4,5)21-31(43)35(29)33/h12-17,25,33H,6-11,18-22H2,1-5H3. The minimum absolute atomic E-state index is 0.0286. The van der Waals surface area contributed by atoms with E-state index < -0.39 is 10.8 Å². The Morgan fingerprint density at radius 2 is 1.45 bits per heavy atom. The van der Waals surface area contributed by atoms with Crippen molar-refractivity contribution >= 4 is 39.8 Å². The third kappa shape index (κ3) is 6.74. The molecule has 0 N–H and O–H groups in total. The van der Waals surface area contributed by atoms with E-state index in [1.807, 2.05) is 19.1 Å². The molecule has 6 rings (SSSR count). The quantitative estimate of drug-likeness (QED) is 0.151. The summed E-state index contributed by atoms with van der Waals surface area (Å²) in [5, 5.41) is 11.1. The van der Waals surface area contributed by atoms with Crippen LogP contribution in [0.15, 0.2) is 58.9 Å². The van der Waals surface area contributed by atoms with Gasteiger partial charge in [0.2, 0.25) is 0 Å². The van der Waals surface area contributed by atoms with Crippen molar-refractivity contribution in [2.75, 3.05) is 6.61 Å². The van der Waals surface area contributed by atoms with Crippen LogP contribution < -0.4 is 9.47 Å². The molecule has 47 heavy (non-hydrogen) atoms. The number of hydrogen-bond donors (Lipinski definition) is 0. The highest BCUT2D eigenvalue weighted by Crippen LogP contribution is 2.56. The Hall–Kier alpha value is -3.21. The van der Waals surface area contributed by atoms with Gasteiger partial charge in [-0.25, -0.2) is 0 Å². The number of Topliss-reactive ketones (excluding diaryl/α,β-unsaturated/α-hetero) is 2. The van der Waals surface area contributed by atoms with Crippen LogP contribution in [0.2, 0.25) is 0 Å². The fraction of sp³-hybridized carbons (Fsp3) is 0.526. The van der Waals surface area contributed by atoms with Crippen molar-refractivity contribution in [1.29, 1.82) is 0 Å². The molecular weight excluding hydrogens is 707 g/mol. The minimum Gasteiger partial charge on any atom is -0.490 e. The summed E-state index contributed by atoms with van der Waals surface area (Å²) in [5.41, 5.74) is 5.20. The number of nitro benzene ring substituents is 1. The first-order valence-electron chi connectivity index (χ1n) is 16.9. The number of hydrogen-bond acceptors (Lipinski definition) is 7. The van der Waals surface area contributed by atoms with Crippen molar-refractivity contribution in [3.63, 3.8) is 0 Å². The Balaban J connectivity index is 1.47. The summed E-state index contributed by atoms with van der Waals surface area (Å²) in [7, 11) is 0. The molecule has 0 amide bonds. The minimum atomic E-state index is -0.455. The van der Waals surface area contributed by atoms with Crippen LogP contribution in [0.3, 0.4) is 0 Å². The van der Waals surface area contributed by atoms with Gasteiger partial charge in [-0.05, 0) is 101 Å². The Bertz CT molecular complexity index is 1610. The van der Waals surface area contributed by atoms with E-state index in [1.54, 1.807) is 12.1 Å². The van der Waals surface area contributed by atoms with Crippen molar-refractivity contribution in [3.05, 3.63) is 83.7 Å². The molecule has 0 bridgehead atoms. The van der Waals surface area contributed by atoms with Crippen LogP contribution >= 0.6 is 22.6 Å². The van der Waals surface area contributed by atoms with E-state index in [1.165, 1.54) is 31.4 Å². The number of non-ortho nitro benzene ring substituents is 1. The molecular formula is C38H45IN2O6. The third-order valence-corrected chi connectivity index (χ3v) is 10.9. The number of nitrogens with zero attached hydrogens (tertiary/aromatic N) is 2. The maximum absolute atomic E-state index is 14.3. The molecule has 1 saturated carbocycles. The van der Waals surface area contributed by atoms with Gasteiger partial charge >= 0.3 is 0 Å². The van der Waals surface area contributed by atoms with E-state index in [2.05, 4.69) is 55.2 Å². The van der Waals surface area contributed by atoms with Crippen LogP contribution in [-0.4, -0.2) is 34.0 Å². The van der Waals surface area contributed by atoms with Gasteiger partial charge < -0.3 is 14.4 Å². The average molecular weight is 753 g/mol. The summed E-state index contributed by atoms with van der Waals surface area (Å²) in [5.74, 6) is 0.950. The van der Waals surface area contributed by atoms with Gasteiger partial charge in [-0.3, -0.25) is 19.7 Å². The molecule has 0 atom stereocenters. The summed E-state index contributed by atoms with van der Waals surface area (Å²) in [6.45, 7) is 11.3. The van der Waals surface area contributed by atoms with E-state index in [9.17, 15) is 19.7 Å². The number of ketones is 2. The summed E-state index contributed by atoms with van der Waals surface area (Å²) in [6, 6.07) is 10.6. The summed E-state index contributed by atoms with van der Waals surface area (Å²) in [4.78, 5) is 41.8. The molecule has 3 aliphatic carbocycles. The highest BCUT2D eigenvalue weighted by molar-refractivity contribution is 14.1. The van der Waals surface area contributed by atoms with Crippen LogP contribution in [0, 0.1) is 24.5 Å². The lowest BCUT2D eigenvalue weighted by atomic mass is 9.63. The molecule has 0 unspecified atom stereocenters. The van der Waals surface area contributed by atoms with Crippen LogP contribution in [0.5, 0.6) is 11.5 Å². The number of rotatable bonds is 8. The molecule has 0 spiro atoms. The molecule has 1 aliphatic heterocycles. The SMILES string of the molecule is CCOc1cc(C2C3=C(CC(C)(C)CC3=O)N(C3CCCCC3)C3=C2C(=O)CC(C)(C)C3)cc(I)c1OCc1ccc([N+](=O)[O-])cc1. The fourth-order valence-electron chi connectivity index (χ4n) is 8.14. The molecule has 1 fully saturated rings. The number of benzene rings is 2. The van der Waals surface area contributed by atoms with E-state index >= 15 is 0 Å². The van der Waals surface area contributed by atoms with Gasteiger partial charge in [-0.1, -0.05) is 47.0 Å². The summed E-state index contributed by atoms with van der Waals surface area (Å²) >= 11 is 2.25. The molecule has 0 saturated heterocycles. The molecule has 250 valence electrons. The maximum Gasteiger partial charge on any atom is 0.269 e. The normalized spacial score (nSPS) is 21.4. The van der Waals surface area contributed by atoms with Gasteiger partial charge in [0.1, 0.15) is 6.61 Å². The molecule has 1 heterocycles. The predicted molar refractivity (Wildman–Crippen MR) is 189 cm³/mol. The maximum atomic E-state index is 14.3. The molecule has 8 nitrogen and oxygen atoms in total. The zero-order valence-corrected chi connectivity index (χ0v) is 30.3. The first-order valence-corrected chi connectivity index (χ1v) is 18.0. The molecule has 0 aromatic heterocycles. The second kappa shape index (κ2) is 13.0. The lowest BCUT2D eigenvalue weighted by Gasteiger charge is -2.52. The average Bonchev–Trinajstić information content (AvgIpc) is 2.99. The Kier molecular flexibility index (Phi) is 9.32. The smallest absolute Gasteiger partial charge is 0.269 e. The second-order valence-corrected chi connectivity index (χ2v) is 16.3. The van der Waals surface area contributed by atoms with Gasteiger partial charge in [0, 0.05) is 59.5 Å². The van der Waals surface area contributed by atoms with Crippen molar-refractivity contribution in [2.24, 2.45) is 10.8 Å². The van der Waals surface area contributed by atoms with Gasteiger partial charge in [-0.15, -0.1) is 0 Å². The van der Waals surface area contributed by atoms with Gasteiger partial charge in [0.15, 0.2) is 23.1 Å². The third-order valence-electron chi connectivity index (χ3n) is 10.1. The molecule has 4 aliphatic rings. The first-order chi connectivity index (χ1) is 22.3. The van der Waals surface area contributed by atoms with Gasteiger partial charge in [0.05, 0.1) is 15.1 Å². The zero-order chi connectivity index (χ0) is 33.7. The number of halogens is 1. The molecule has 9 heteroatoms. The van der Waals surface area contributed by atoms with Gasteiger partial charge in [0.25, 0.3) is 5.69 Å². The largest absolute Gasteiger partial charge is 0.490 e. The predicted octanol–water partition coefficient (Wildman–Crippen LogP) is 9.20. The Morgan fingerprint density at radius 3 is 1.98 bits per heavy atom. The van der Waals surface area contributed by atoms with Crippen LogP contribution in [-0.2, 0) is 16.2 Å². The molecule has 2 aromatic carbocycles. The van der Waals surface area contributed by atoms with Crippen molar-refractivity contribution < 1.29 is 24.0 Å². The highest BCUT2D eigenvalue weighted by Gasteiger charge is 2.50. The van der Waals surface area contributed by atoms with Crippen molar-refractivity contribution in [1.82, 2.24) is 4.90 Å². The first kappa shape index (κ1) is 33.7. The lowest BCUT2D eigenvalue weighted by molar-refractivity contribution is -0.384. The number of carbonyl (C=O) groups excluding carboxylic acids is 2. The highest BCUT2D eigenvalue weighted by atomic mass is 127. The summed E-state index contributed by atoms with van der Waals surface area (Å²) in [6.07, 6.45) is 8.24. The lowest BCUT2D eigenvalue weighted by Crippen LogP contribution is -2.48. The number of ether oxygens (including phenoxy) is 2. The van der Waals surface area contributed by atoms with E-state index in [-0.39, 0.29) is 34.7 Å². The fourth-order valence-corrected chi connectivity index (χ4v) is 8.92. The number of allylic oxidation sites excluding steroid dienone is 4. The van der Waals surface area contributed by atoms with Crippen LogP contribution in [0.1, 0.15) is 109 Å². The Labute approximate surface area is 291 Å². The van der Waals surface area contributed by atoms with E-state index in [0.29, 0.717) is 37.0 Å². The van der Waals surface area contributed by atoms with Crippen molar-refractivity contribution in [2.45, 2.75) is 111 Å². The summed E-state index contributed by atoms with van der Waals surface area (Å²) < 4.78 is 13.3. The van der Waals surface area contributed by atoms with Gasteiger partial charge in [-0.2, -0.15) is 0 Å². The number of carbonyl (C=O) groups is 2. The van der Waals surface area contributed by atoms with Crippen LogP contribution in [0.4, 0.5) is 5.69 Å². The monoisotopic (exact) mass is 752 g/mol. The van der Waals surface area contributed by atoms with E-state index in [0.717, 1.165) is 62.9 Å². The topological polar surface area (TPSA) is 99.0 Å². The van der Waals surface area contributed by atoms with Crippen LogP contribution in [0.25, 0.3) is 0 Å². The Morgan fingerprint density at radius 1 is 0.872 bits per heavy atom. The molecule has 0 radical (unpaired) electrons. The van der Waals surface area contributed by atoms with E-state index in [4.69, 9.17) is 9.47 Å². The molecule has 2 aromatic rings. The zero-order valence-electron chi connectivity index (χ0n) is 28.1. The van der Waals surface area contributed by atoms with Crippen molar-refractivity contribution in [3.8, 4) is 11.5 Å². The number of nitro groups is 1. The second-order valence-electron chi connectivity index (χ2n) is 15.2.